The Hall–Kier alpha value is -3.59. The second-order valence-corrected chi connectivity index (χ2v) is 5.84. The minimum Gasteiger partial charge on any atom is -0.493 e. The molecule has 1 atom stereocenters. The van der Waals surface area contributed by atoms with E-state index < -0.39 is 11.9 Å². The van der Waals surface area contributed by atoms with Crippen molar-refractivity contribution in [1.82, 2.24) is 5.32 Å². The highest BCUT2D eigenvalue weighted by Crippen LogP contribution is 2.16. The molecule has 0 aliphatic carbocycles. The van der Waals surface area contributed by atoms with Crippen LogP contribution >= 0.6 is 0 Å². The van der Waals surface area contributed by atoms with Crippen LogP contribution in [0.4, 0.5) is 0 Å². The van der Waals surface area contributed by atoms with E-state index in [1.165, 1.54) is 6.08 Å². The smallest absolute Gasteiger partial charge is 0.306 e. The maximum Gasteiger partial charge on any atom is 0.306 e. The van der Waals surface area contributed by atoms with E-state index in [0.29, 0.717) is 11.3 Å². The third kappa shape index (κ3) is 6.33. The number of nitriles is 1. The highest BCUT2D eigenvalue weighted by atomic mass is 16.5. The van der Waals surface area contributed by atoms with Crippen LogP contribution in [0.2, 0.25) is 0 Å². The second-order valence-electron chi connectivity index (χ2n) is 5.84. The number of carboxylic acid groups (broad SMARTS) is 1. The zero-order valence-electron chi connectivity index (χ0n) is 14.9. The molecule has 0 radical (unpaired) electrons. The number of amides is 1. The van der Waals surface area contributed by atoms with Crippen molar-refractivity contribution in [3.05, 3.63) is 71.3 Å². The lowest BCUT2D eigenvalue weighted by Crippen LogP contribution is -2.27. The summed E-state index contributed by atoms with van der Waals surface area (Å²) < 4.78 is 5.31. The predicted octanol–water partition coefficient (Wildman–Crippen LogP) is 3.32. The van der Waals surface area contributed by atoms with Gasteiger partial charge in [0.1, 0.15) is 17.4 Å². The lowest BCUT2D eigenvalue weighted by atomic mass is 10.1. The Balaban J connectivity index is 2.01. The van der Waals surface area contributed by atoms with Crippen molar-refractivity contribution in [2.75, 3.05) is 6.61 Å². The summed E-state index contributed by atoms with van der Waals surface area (Å²) in [6.07, 6.45) is 1.41. The largest absolute Gasteiger partial charge is 0.493 e. The van der Waals surface area contributed by atoms with E-state index in [1.54, 1.807) is 24.3 Å². The highest BCUT2D eigenvalue weighted by molar-refractivity contribution is 6.01. The van der Waals surface area contributed by atoms with E-state index in [2.05, 4.69) is 5.32 Å². The van der Waals surface area contributed by atoms with Gasteiger partial charge in [0.15, 0.2) is 0 Å². The summed E-state index contributed by atoms with van der Waals surface area (Å²) in [7, 11) is 0. The Morgan fingerprint density at radius 1 is 1.19 bits per heavy atom. The fraction of sp³-hybridized carbons (Fsp3) is 0.190. The maximum absolute atomic E-state index is 12.4. The van der Waals surface area contributed by atoms with Crippen molar-refractivity contribution in [2.24, 2.45) is 0 Å². The number of carbonyl (C=O) groups excluding carboxylic acids is 1. The lowest BCUT2D eigenvalue weighted by molar-refractivity contribution is -0.137. The standard InChI is InChI=1S/C21H20N2O4/c1-15(17-5-3-2-4-6-17)23-21(26)18(14-22)13-16-7-9-19(10-8-16)27-12-11-20(24)25/h2-10,13,15H,11-12H2,1H3,(H,23,26)(H,24,25)/b18-13+/t15-/m1/s1. The van der Waals surface area contributed by atoms with Crippen molar-refractivity contribution in [2.45, 2.75) is 19.4 Å². The molecule has 0 saturated carbocycles. The van der Waals surface area contributed by atoms with Gasteiger partial charge in [0.25, 0.3) is 5.91 Å². The molecule has 0 heterocycles. The molecular formula is C21H20N2O4. The Kier molecular flexibility index (Phi) is 7.15. The van der Waals surface area contributed by atoms with Crippen LogP contribution in [0.5, 0.6) is 5.75 Å². The van der Waals surface area contributed by atoms with Gasteiger partial charge in [-0.05, 0) is 36.3 Å². The number of nitrogens with zero attached hydrogens (tertiary/aromatic N) is 1. The van der Waals surface area contributed by atoms with Crippen LogP contribution in [0.15, 0.2) is 60.2 Å². The van der Waals surface area contributed by atoms with Gasteiger partial charge in [0, 0.05) is 0 Å². The fourth-order valence-corrected chi connectivity index (χ4v) is 2.33. The molecule has 0 fully saturated rings. The first-order valence-electron chi connectivity index (χ1n) is 8.42. The number of hydrogen-bond donors (Lipinski definition) is 2. The lowest BCUT2D eigenvalue weighted by Gasteiger charge is -2.13. The van der Waals surface area contributed by atoms with Crippen LogP contribution in [0.25, 0.3) is 6.08 Å². The van der Waals surface area contributed by atoms with Crippen molar-refractivity contribution in [3.8, 4) is 11.8 Å². The molecule has 2 N–H and O–H groups in total. The molecule has 1 amide bonds. The molecule has 138 valence electrons. The maximum atomic E-state index is 12.4. The molecule has 0 unspecified atom stereocenters. The van der Waals surface area contributed by atoms with Gasteiger partial charge in [0.05, 0.1) is 19.1 Å². The molecular weight excluding hydrogens is 344 g/mol. The van der Waals surface area contributed by atoms with Crippen LogP contribution < -0.4 is 10.1 Å². The zero-order valence-corrected chi connectivity index (χ0v) is 14.9. The Morgan fingerprint density at radius 3 is 2.44 bits per heavy atom. The van der Waals surface area contributed by atoms with E-state index in [9.17, 15) is 14.9 Å². The molecule has 2 aromatic rings. The summed E-state index contributed by atoms with van der Waals surface area (Å²) in [6, 6.07) is 17.9. The third-order valence-corrected chi connectivity index (χ3v) is 3.79. The van der Waals surface area contributed by atoms with Gasteiger partial charge in [-0.25, -0.2) is 0 Å². The molecule has 2 aromatic carbocycles. The van der Waals surface area contributed by atoms with Crippen molar-refractivity contribution < 1.29 is 19.4 Å². The van der Waals surface area contributed by atoms with Crippen molar-refractivity contribution in [3.63, 3.8) is 0 Å². The normalized spacial score (nSPS) is 11.9. The average molecular weight is 364 g/mol. The number of rotatable bonds is 8. The van der Waals surface area contributed by atoms with Gasteiger partial charge in [-0.1, -0.05) is 42.5 Å². The van der Waals surface area contributed by atoms with Crippen LogP contribution in [0, 0.1) is 11.3 Å². The topological polar surface area (TPSA) is 99.4 Å². The van der Waals surface area contributed by atoms with E-state index in [-0.39, 0.29) is 24.6 Å². The van der Waals surface area contributed by atoms with Crippen LogP contribution in [0.1, 0.15) is 30.5 Å². The van der Waals surface area contributed by atoms with Crippen LogP contribution in [0.3, 0.4) is 0 Å². The molecule has 0 saturated heterocycles. The molecule has 0 aromatic heterocycles. The molecule has 0 bridgehead atoms. The average Bonchev–Trinajstić information content (AvgIpc) is 2.67. The SMILES string of the molecule is C[C@@H](NC(=O)/C(C#N)=C/c1ccc(OCCC(=O)O)cc1)c1ccccc1. The van der Waals surface area contributed by atoms with Crippen molar-refractivity contribution >= 4 is 18.0 Å². The van der Waals surface area contributed by atoms with Gasteiger partial charge in [-0.15, -0.1) is 0 Å². The van der Waals surface area contributed by atoms with Crippen LogP contribution in [-0.4, -0.2) is 23.6 Å². The molecule has 0 aliphatic heterocycles. The Bertz CT molecular complexity index is 852. The fourth-order valence-electron chi connectivity index (χ4n) is 2.33. The minimum atomic E-state index is -0.927. The summed E-state index contributed by atoms with van der Waals surface area (Å²) in [6.45, 7) is 1.93. The number of carboxylic acids is 1. The number of aliphatic carboxylic acids is 1. The summed E-state index contributed by atoms with van der Waals surface area (Å²) in [4.78, 5) is 22.8. The number of carbonyl (C=O) groups is 2. The summed E-state index contributed by atoms with van der Waals surface area (Å²) >= 11 is 0. The van der Waals surface area contributed by atoms with Gasteiger partial charge in [-0.3, -0.25) is 9.59 Å². The Morgan fingerprint density at radius 2 is 1.85 bits per heavy atom. The highest BCUT2D eigenvalue weighted by Gasteiger charge is 2.13. The van der Waals surface area contributed by atoms with E-state index in [0.717, 1.165) is 5.56 Å². The first-order chi connectivity index (χ1) is 13.0. The molecule has 6 heteroatoms. The number of hydrogen-bond acceptors (Lipinski definition) is 4. The summed E-state index contributed by atoms with van der Waals surface area (Å²) in [5, 5.41) is 20.7. The van der Waals surface area contributed by atoms with E-state index in [4.69, 9.17) is 9.84 Å². The van der Waals surface area contributed by atoms with Crippen LogP contribution in [-0.2, 0) is 9.59 Å². The Labute approximate surface area is 157 Å². The molecule has 6 nitrogen and oxygen atoms in total. The third-order valence-electron chi connectivity index (χ3n) is 3.79. The summed E-state index contributed by atoms with van der Waals surface area (Å²) in [5.41, 5.74) is 1.61. The van der Waals surface area contributed by atoms with Gasteiger partial charge < -0.3 is 15.2 Å². The molecule has 2 rings (SSSR count). The molecule has 0 aliphatic rings. The first kappa shape index (κ1) is 19.7. The van der Waals surface area contributed by atoms with Crippen molar-refractivity contribution in [1.29, 1.82) is 5.26 Å². The summed E-state index contributed by atoms with van der Waals surface area (Å²) in [5.74, 6) is -0.853. The first-order valence-corrected chi connectivity index (χ1v) is 8.42. The van der Waals surface area contributed by atoms with Gasteiger partial charge in [-0.2, -0.15) is 5.26 Å². The molecule has 27 heavy (non-hydrogen) atoms. The number of benzene rings is 2. The number of ether oxygens (including phenoxy) is 1. The number of nitrogens with one attached hydrogen (secondary N) is 1. The van der Waals surface area contributed by atoms with Gasteiger partial charge in [0.2, 0.25) is 0 Å². The monoisotopic (exact) mass is 364 g/mol. The quantitative estimate of drug-likeness (QED) is 0.553. The van der Waals surface area contributed by atoms with E-state index in [1.807, 2.05) is 43.3 Å². The molecule has 0 spiro atoms. The van der Waals surface area contributed by atoms with Gasteiger partial charge >= 0.3 is 5.97 Å². The zero-order chi connectivity index (χ0) is 19.6. The van der Waals surface area contributed by atoms with E-state index >= 15 is 0 Å². The second kappa shape index (κ2) is 9.78. The minimum absolute atomic E-state index is 0.00248. The predicted molar refractivity (Wildman–Crippen MR) is 101 cm³/mol.